The van der Waals surface area contributed by atoms with Crippen LogP contribution in [0.1, 0.15) is 46.1 Å². The summed E-state index contributed by atoms with van der Waals surface area (Å²) in [5.41, 5.74) is 6.96. The predicted molar refractivity (Wildman–Crippen MR) is 140 cm³/mol. The average Bonchev–Trinajstić information content (AvgIpc) is 3.52. The molecule has 2 atom stereocenters. The summed E-state index contributed by atoms with van der Waals surface area (Å²) in [6, 6.07) is 10.0. The summed E-state index contributed by atoms with van der Waals surface area (Å²) in [5.74, 6) is -1.00. The number of thioether (sulfide) groups is 1. The molecule has 0 unspecified atom stereocenters. The summed E-state index contributed by atoms with van der Waals surface area (Å²) in [5, 5.41) is 21.1. The zero-order chi connectivity index (χ0) is 28.6. The third-order valence-electron chi connectivity index (χ3n) is 6.26. The summed E-state index contributed by atoms with van der Waals surface area (Å²) in [4.78, 5) is 11.0. The third-order valence-corrected chi connectivity index (χ3v) is 8.05. The van der Waals surface area contributed by atoms with Crippen molar-refractivity contribution in [3.8, 4) is 17.2 Å². The molecule has 40 heavy (non-hydrogen) atoms. The number of amidine groups is 1. The highest BCUT2D eigenvalue weighted by atomic mass is 35.5. The molecule has 2 aliphatic heterocycles. The van der Waals surface area contributed by atoms with Crippen molar-refractivity contribution in [1.29, 1.82) is 0 Å². The number of fused-ring (bicyclic) bond motifs is 3. The van der Waals surface area contributed by atoms with E-state index in [9.17, 15) is 18.0 Å². The first kappa shape index (κ1) is 27.9. The maximum Gasteiger partial charge on any atom is 0.452 e. The standard InChI is InChI=1S/C24H23ClF3N7O4S/c1-38-16-5-3-4-13(20(16)39-2)21-14-10-12(25)6-7-15(14)35-22(30-31-23(35)24(26,27)28)17(40-21)8-9-34-32-18(29-33-34)11-19(36)37/h3-7,10,17,21,33H,8-9,11H2,1-2H3,(H,29,32)(H,36,37)/t17-,21-/m0/s1. The van der Waals surface area contributed by atoms with Crippen molar-refractivity contribution in [3.63, 3.8) is 0 Å². The van der Waals surface area contributed by atoms with E-state index in [1.54, 1.807) is 18.2 Å². The van der Waals surface area contributed by atoms with Gasteiger partial charge in [-0.1, -0.05) is 23.7 Å². The van der Waals surface area contributed by atoms with Crippen LogP contribution in [0, 0.1) is 0 Å². The van der Waals surface area contributed by atoms with Gasteiger partial charge in [-0.15, -0.1) is 32.2 Å². The van der Waals surface area contributed by atoms with Crippen LogP contribution in [-0.2, 0) is 11.0 Å². The lowest BCUT2D eigenvalue weighted by Crippen LogP contribution is -2.42. The number of carboxylic acids is 1. The number of aliphatic carboxylic acids is 1. The van der Waals surface area contributed by atoms with Crippen molar-refractivity contribution in [2.24, 2.45) is 5.10 Å². The molecule has 3 heterocycles. The number of hydrogen-bond donors (Lipinski definition) is 3. The molecule has 0 amide bonds. The molecule has 0 saturated carbocycles. The third kappa shape index (κ3) is 5.36. The monoisotopic (exact) mass is 597 g/mol. The smallest absolute Gasteiger partial charge is 0.452 e. The zero-order valence-electron chi connectivity index (χ0n) is 21.1. The van der Waals surface area contributed by atoms with Gasteiger partial charge in [0.1, 0.15) is 6.42 Å². The van der Waals surface area contributed by atoms with Crippen LogP contribution >= 0.6 is 23.4 Å². The number of nitrogens with one attached hydrogen (secondary N) is 2. The molecule has 3 N–H and O–H groups in total. The largest absolute Gasteiger partial charge is 0.493 e. The molecule has 0 fully saturated rings. The normalized spacial score (nSPS) is 18.6. The van der Waals surface area contributed by atoms with Crippen LogP contribution in [0.15, 0.2) is 41.5 Å². The summed E-state index contributed by atoms with van der Waals surface area (Å²) in [6.07, 6.45) is -4.82. The molecule has 1 aromatic heterocycles. The van der Waals surface area contributed by atoms with Gasteiger partial charge in [0, 0.05) is 17.1 Å². The first-order chi connectivity index (χ1) is 19.1. The fourth-order valence-corrected chi connectivity index (χ4v) is 6.31. The molecule has 3 aromatic rings. The molecular weight excluding hydrogens is 575 g/mol. The number of hydrazone groups is 1. The van der Waals surface area contributed by atoms with E-state index in [2.05, 4.69) is 26.3 Å². The Morgan fingerprint density at radius 1 is 1.18 bits per heavy atom. The van der Waals surface area contributed by atoms with E-state index < -0.39 is 28.5 Å². The fraction of sp³-hybridized carbons (Fsp3) is 0.333. The van der Waals surface area contributed by atoms with Gasteiger partial charge in [0.15, 0.2) is 23.2 Å². The lowest BCUT2D eigenvalue weighted by Gasteiger charge is -2.24. The Bertz CT molecular complexity index is 1470. The number of benzene rings is 2. The van der Waals surface area contributed by atoms with Crippen molar-refractivity contribution >= 4 is 35.2 Å². The van der Waals surface area contributed by atoms with Gasteiger partial charge in [0.2, 0.25) is 5.82 Å². The van der Waals surface area contributed by atoms with Crippen molar-refractivity contribution in [2.45, 2.75) is 29.5 Å². The van der Waals surface area contributed by atoms with Gasteiger partial charge >= 0.3 is 12.1 Å². The minimum Gasteiger partial charge on any atom is -0.493 e. The number of nitrogens with zero attached hydrogens (tertiary/aromatic N) is 5. The SMILES string of the molecule is COc1cccc([C@@H]2S[C@@H](CCN3NN=C(CC(=O)O)N3)c3nnc(C(F)(F)F)n3-c3ccc(Cl)cc32)c1OC. The van der Waals surface area contributed by atoms with E-state index in [0.29, 0.717) is 27.6 Å². The van der Waals surface area contributed by atoms with Gasteiger partial charge in [-0.2, -0.15) is 13.2 Å². The molecule has 0 bridgehead atoms. The second kappa shape index (κ2) is 11.1. The summed E-state index contributed by atoms with van der Waals surface area (Å²) < 4.78 is 54.7. The Balaban J connectivity index is 1.60. The van der Waals surface area contributed by atoms with Crippen LogP contribution in [-0.4, -0.2) is 57.6 Å². The quantitative estimate of drug-likeness (QED) is 0.345. The number of carboxylic acid groups (broad SMARTS) is 1. The highest BCUT2D eigenvalue weighted by molar-refractivity contribution is 8.00. The summed E-state index contributed by atoms with van der Waals surface area (Å²) >= 11 is 7.74. The molecule has 0 aliphatic carbocycles. The highest BCUT2D eigenvalue weighted by Crippen LogP contribution is 2.54. The molecule has 0 radical (unpaired) electrons. The molecule has 0 saturated heterocycles. The lowest BCUT2D eigenvalue weighted by atomic mass is 10.0. The van der Waals surface area contributed by atoms with Crippen LogP contribution in [0.5, 0.6) is 11.5 Å². The zero-order valence-corrected chi connectivity index (χ0v) is 22.6. The number of halogens is 4. The second-order valence-corrected chi connectivity index (χ2v) is 10.5. The fourth-order valence-electron chi connectivity index (χ4n) is 4.62. The Morgan fingerprint density at radius 3 is 2.67 bits per heavy atom. The van der Waals surface area contributed by atoms with Crippen molar-refractivity contribution in [1.82, 2.24) is 30.8 Å². The van der Waals surface area contributed by atoms with Gasteiger partial charge in [-0.25, -0.2) is 5.53 Å². The molecule has 11 nitrogen and oxygen atoms in total. The minimum absolute atomic E-state index is 0.108. The average molecular weight is 598 g/mol. The molecule has 2 aromatic carbocycles. The van der Waals surface area contributed by atoms with Gasteiger partial charge in [0.25, 0.3) is 0 Å². The summed E-state index contributed by atoms with van der Waals surface area (Å²) in [6.45, 7) is 0.234. The van der Waals surface area contributed by atoms with E-state index >= 15 is 0 Å². The van der Waals surface area contributed by atoms with Crippen molar-refractivity contribution in [3.05, 3.63) is 64.2 Å². The molecule has 16 heteroatoms. The van der Waals surface area contributed by atoms with Crippen LogP contribution in [0.2, 0.25) is 5.02 Å². The highest BCUT2D eigenvalue weighted by Gasteiger charge is 2.43. The Morgan fingerprint density at radius 2 is 1.98 bits per heavy atom. The number of hydrogen-bond acceptors (Lipinski definition) is 10. The molecule has 2 aliphatic rings. The maximum atomic E-state index is 14.2. The van der Waals surface area contributed by atoms with E-state index in [1.807, 2.05) is 6.07 Å². The Hall–Kier alpha value is -3.69. The summed E-state index contributed by atoms with van der Waals surface area (Å²) in [7, 11) is 3.00. The van der Waals surface area contributed by atoms with Gasteiger partial charge in [-0.3, -0.25) is 14.8 Å². The van der Waals surface area contributed by atoms with Gasteiger partial charge in [0.05, 0.1) is 30.4 Å². The van der Waals surface area contributed by atoms with Crippen molar-refractivity contribution < 1.29 is 32.5 Å². The van der Waals surface area contributed by atoms with E-state index in [-0.39, 0.29) is 36.7 Å². The first-order valence-electron chi connectivity index (χ1n) is 11.9. The number of rotatable bonds is 8. The topological polar surface area (TPSA) is 126 Å². The molecule has 0 spiro atoms. The Kier molecular flexibility index (Phi) is 7.70. The number of aromatic nitrogens is 3. The minimum atomic E-state index is -4.78. The van der Waals surface area contributed by atoms with Crippen LogP contribution in [0.3, 0.4) is 0 Å². The van der Waals surface area contributed by atoms with Crippen LogP contribution in [0.25, 0.3) is 5.69 Å². The predicted octanol–water partition coefficient (Wildman–Crippen LogP) is 4.34. The Labute approximate surface area is 235 Å². The number of ether oxygens (including phenoxy) is 2. The number of alkyl halides is 3. The van der Waals surface area contributed by atoms with E-state index in [4.69, 9.17) is 26.2 Å². The molecule has 212 valence electrons. The van der Waals surface area contributed by atoms with E-state index in [1.165, 1.54) is 43.2 Å². The van der Waals surface area contributed by atoms with Crippen LogP contribution in [0.4, 0.5) is 13.2 Å². The second-order valence-electron chi connectivity index (χ2n) is 8.79. The van der Waals surface area contributed by atoms with E-state index in [0.717, 1.165) is 4.57 Å². The number of carbonyl (C=O) groups is 1. The van der Waals surface area contributed by atoms with Crippen molar-refractivity contribution in [2.75, 3.05) is 20.8 Å². The first-order valence-corrected chi connectivity index (χ1v) is 13.2. The van der Waals surface area contributed by atoms with Gasteiger partial charge < -0.3 is 14.6 Å². The molecule has 5 rings (SSSR count). The number of methoxy groups -OCH3 is 2. The maximum absolute atomic E-state index is 14.2. The number of para-hydroxylation sites is 1. The van der Waals surface area contributed by atoms with Gasteiger partial charge in [-0.05, 0) is 36.2 Å². The molecular formula is C24H23ClF3N7O4S. The van der Waals surface area contributed by atoms with Crippen LogP contribution < -0.4 is 20.4 Å². The number of hydrazine groups is 2. The lowest BCUT2D eigenvalue weighted by molar-refractivity contribution is -0.146.